The second kappa shape index (κ2) is 4.15. The lowest BCUT2D eigenvalue weighted by atomic mass is 10.0. The van der Waals surface area contributed by atoms with Crippen molar-refractivity contribution in [1.29, 1.82) is 5.26 Å². The van der Waals surface area contributed by atoms with Crippen LogP contribution in [0, 0.1) is 11.3 Å². The molecule has 0 fully saturated rings. The van der Waals surface area contributed by atoms with Crippen LogP contribution in [0.25, 0.3) is 0 Å². The molecule has 1 aliphatic rings. The Labute approximate surface area is 67.9 Å². The molecule has 1 heterocycles. The van der Waals surface area contributed by atoms with Crippen LogP contribution in [0.4, 0.5) is 0 Å². The summed E-state index contributed by atoms with van der Waals surface area (Å²) in [6.45, 7) is 3.13. The Morgan fingerprint density at radius 1 is 1.82 bits per heavy atom. The smallest absolute Gasteiger partial charge is 0.0944 e. The van der Waals surface area contributed by atoms with Crippen LogP contribution in [-0.2, 0) is 0 Å². The minimum Gasteiger partial charge on any atom is -0.310 e. The largest absolute Gasteiger partial charge is 0.310 e. The normalized spacial score (nSPS) is 24.0. The average Bonchev–Trinajstić information content (AvgIpc) is 2.06. The van der Waals surface area contributed by atoms with Crippen molar-refractivity contribution in [3.05, 3.63) is 11.6 Å². The molecule has 0 amide bonds. The molecule has 0 bridgehead atoms. The number of hydrogen-bond acceptors (Lipinski definition) is 2. The third-order valence-electron chi connectivity index (χ3n) is 1.95. The molecular weight excluding hydrogens is 136 g/mol. The lowest BCUT2D eigenvalue weighted by molar-refractivity contribution is 0.530. The summed E-state index contributed by atoms with van der Waals surface area (Å²) >= 11 is 0. The Kier molecular flexibility index (Phi) is 3.13. The Morgan fingerprint density at radius 2 is 2.64 bits per heavy atom. The van der Waals surface area contributed by atoms with E-state index in [-0.39, 0.29) is 0 Å². The fraction of sp³-hybridized carbons (Fsp3) is 0.667. The molecule has 11 heavy (non-hydrogen) atoms. The third kappa shape index (κ3) is 2.36. The molecule has 0 aromatic heterocycles. The molecule has 2 heteroatoms. The van der Waals surface area contributed by atoms with Gasteiger partial charge in [0.2, 0.25) is 0 Å². The molecule has 0 aromatic carbocycles. The van der Waals surface area contributed by atoms with Crippen LogP contribution in [0.15, 0.2) is 11.6 Å². The Bertz CT molecular complexity index is 188. The summed E-state index contributed by atoms with van der Waals surface area (Å²) in [7, 11) is 0. The van der Waals surface area contributed by atoms with Gasteiger partial charge in [0.25, 0.3) is 0 Å². The van der Waals surface area contributed by atoms with E-state index >= 15 is 0 Å². The van der Waals surface area contributed by atoms with Gasteiger partial charge >= 0.3 is 0 Å². The van der Waals surface area contributed by atoms with Crippen LogP contribution in [0.1, 0.15) is 26.2 Å². The molecule has 60 valence electrons. The lowest BCUT2D eigenvalue weighted by Gasteiger charge is -2.19. The van der Waals surface area contributed by atoms with Crippen molar-refractivity contribution in [3.63, 3.8) is 0 Å². The molecule has 0 saturated heterocycles. The first kappa shape index (κ1) is 8.29. The number of nitrogens with one attached hydrogen (secondary N) is 1. The minimum atomic E-state index is 0.448. The van der Waals surface area contributed by atoms with Crippen molar-refractivity contribution in [1.82, 2.24) is 5.32 Å². The molecule has 0 aromatic rings. The van der Waals surface area contributed by atoms with Gasteiger partial charge in [-0.05, 0) is 12.8 Å². The van der Waals surface area contributed by atoms with Crippen LogP contribution in [0.3, 0.4) is 0 Å². The molecule has 1 N–H and O–H groups in total. The molecule has 0 aliphatic carbocycles. The predicted octanol–water partition coefficient (Wildman–Crippen LogP) is 1.60. The van der Waals surface area contributed by atoms with E-state index in [4.69, 9.17) is 5.26 Å². The fourth-order valence-electron chi connectivity index (χ4n) is 1.37. The van der Waals surface area contributed by atoms with E-state index in [9.17, 15) is 0 Å². The van der Waals surface area contributed by atoms with Crippen LogP contribution >= 0.6 is 0 Å². The predicted molar refractivity (Wildman–Crippen MR) is 45.0 cm³/mol. The highest BCUT2D eigenvalue weighted by Crippen LogP contribution is 2.10. The summed E-state index contributed by atoms with van der Waals surface area (Å²) in [4.78, 5) is 0. The number of nitrogens with zero attached hydrogens (tertiary/aromatic N) is 1. The zero-order chi connectivity index (χ0) is 8.10. The number of hydrogen-bond donors (Lipinski definition) is 1. The summed E-state index contributed by atoms with van der Waals surface area (Å²) < 4.78 is 0. The first-order valence-corrected chi connectivity index (χ1v) is 4.21. The van der Waals surface area contributed by atoms with Gasteiger partial charge < -0.3 is 5.32 Å². The van der Waals surface area contributed by atoms with E-state index in [0.29, 0.717) is 6.04 Å². The summed E-state index contributed by atoms with van der Waals surface area (Å²) in [5.41, 5.74) is 0.946. The highest BCUT2D eigenvalue weighted by atomic mass is 14.9. The molecule has 1 rings (SSSR count). The highest BCUT2D eigenvalue weighted by molar-refractivity contribution is 5.24. The second-order valence-corrected chi connectivity index (χ2v) is 2.90. The van der Waals surface area contributed by atoms with Crippen LogP contribution in [0.2, 0.25) is 0 Å². The first-order chi connectivity index (χ1) is 5.36. The van der Waals surface area contributed by atoms with Gasteiger partial charge in [-0.25, -0.2) is 0 Å². The van der Waals surface area contributed by atoms with Gasteiger partial charge in [0, 0.05) is 18.2 Å². The van der Waals surface area contributed by atoms with Crippen LogP contribution in [0.5, 0.6) is 0 Å². The first-order valence-electron chi connectivity index (χ1n) is 4.21. The van der Waals surface area contributed by atoms with E-state index in [1.54, 1.807) is 0 Å². The number of nitriles is 1. The fourth-order valence-corrected chi connectivity index (χ4v) is 1.37. The van der Waals surface area contributed by atoms with Crippen LogP contribution < -0.4 is 5.32 Å². The van der Waals surface area contributed by atoms with Gasteiger partial charge in [0.1, 0.15) is 0 Å². The summed E-state index contributed by atoms with van der Waals surface area (Å²) in [6.07, 6.45) is 5.28. The SMILES string of the molecule is CCCC1C=C(C#N)CCN1. The van der Waals surface area contributed by atoms with Gasteiger partial charge in [-0.1, -0.05) is 19.4 Å². The van der Waals surface area contributed by atoms with Crippen molar-refractivity contribution in [2.75, 3.05) is 6.54 Å². The van der Waals surface area contributed by atoms with E-state index in [0.717, 1.165) is 25.0 Å². The topological polar surface area (TPSA) is 35.8 Å². The quantitative estimate of drug-likeness (QED) is 0.649. The Balaban J connectivity index is 2.50. The van der Waals surface area contributed by atoms with Gasteiger partial charge in [0.15, 0.2) is 0 Å². The third-order valence-corrected chi connectivity index (χ3v) is 1.95. The molecular formula is C9H14N2. The van der Waals surface area contributed by atoms with Crippen molar-refractivity contribution in [2.24, 2.45) is 0 Å². The van der Waals surface area contributed by atoms with E-state index in [1.165, 1.54) is 6.42 Å². The zero-order valence-electron chi connectivity index (χ0n) is 6.93. The molecule has 1 atom stereocenters. The average molecular weight is 150 g/mol. The van der Waals surface area contributed by atoms with Gasteiger partial charge in [-0.3, -0.25) is 0 Å². The summed E-state index contributed by atoms with van der Waals surface area (Å²) in [5, 5.41) is 12.0. The van der Waals surface area contributed by atoms with E-state index in [2.05, 4.69) is 24.4 Å². The van der Waals surface area contributed by atoms with E-state index < -0.39 is 0 Å². The van der Waals surface area contributed by atoms with E-state index in [1.807, 2.05) is 0 Å². The van der Waals surface area contributed by atoms with Gasteiger partial charge in [-0.15, -0.1) is 0 Å². The van der Waals surface area contributed by atoms with Crippen molar-refractivity contribution in [3.8, 4) is 6.07 Å². The Hall–Kier alpha value is -0.810. The molecule has 2 nitrogen and oxygen atoms in total. The Morgan fingerprint density at radius 3 is 3.27 bits per heavy atom. The van der Waals surface area contributed by atoms with Crippen LogP contribution in [-0.4, -0.2) is 12.6 Å². The van der Waals surface area contributed by atoms with Crippen molar-refractivity contribution >= 4 is 0 Å². The van der Waals surface area contributed by atoms with Gasteiger partial charge in [-0.2, -0.15) is 5.26 Å². The summed E-state index contributed by atoms with van der Waals surface area (Å²) in [6, 6.07) is 2.66. The second-order valence-electron chi connectivity index (χ2n) is 2.90. The van der Waals surface area contributed by atoms with Crippen molar-refractivity contribution in [2.45, 2.75) is 32.2 Å². The summed E-state index contributed by atoms with van der Waals surface area (Å²) in [5.74, 6) is 0. The maximum Gasteiger partial charge on any atom is 0.0944 e. The maximum atomic E-state index is 8.63. The molecule has 0 saturated carbocycles. The molecule has 1 aliphatic heterocycles. The lowest BCUT2D eigenvalue weighted by Crippen LogP contribution is -2.31. The maximum absolute atomic E-state index is 8.63. The standard InChI is InChI=1S/C9H14N2/c1-2-3-9-6-8(7-10)4-5-11-9/h6,9,11H,2-5H2,1H3. The molecule has 1 unspecified atom stereocenters. The molecule has 0 radical (unpaired) electrons. The number of rotatable bonds is 2. The molecule has 0 spiro atoms. The van der Waals surface area contributed by atoms with Gasteiger partial charge in [0.05, 0.1) is 6.07 Å². The monoisotopic (exact) mass is 150 g/mol. The minimum absolute atomic E-state index is 0.448. The van der Waals surface area contributed by atoms with Crippen molar-refractivity contribution < 1.29 is 0 Å². The zero-order valence-corrected chi connectivity index (χ0v) is 6.93. The highest BCUT2D eigenvalue weighted by Gasteiger charge is 2.10.